The summed E-state index contributed by atoms with van der Waals surface area (Å²) in [7, 11) is 5.64. The molecule has 0 fully saturated rings. The van der Waals surface area contributed by atoms with Gasteiger partial charge in [-0.05, 0) is 57.1 Å². The number of carbonyl (C=O) groups excluding carboxylic acids is 1. The van der Waals surface area contributed by atoms with Crippen molar-refractivity contribution in [2.45, 2.75) is 43.9 Å². The standard InChI is InChI=1S/C21H23F3N2O3S/c1-25(2)12-4-5-13-14(10-12)17(28-3)7-6-15(13)26-16(18-8-9-20(27)30-18)11-19(29-26)21(22,23)24/h6-8,11-12,16H,4-5,9-10H2,1-3H3/t12-,16?/m0/s1. The SMILES string of the molecule is COc1ccc(N2OC(C(F)(F)F)=CC2C2=CCC(=O)S2)c2c1C[C@@H](N(C)C)CC2. The van der Waals surface area contributed by atoms with Crippen LogP contribution in [0.3, 0.4) is 0 Å². The molecule has 0 N–H and O–H groups in total. The van der Waals surface area contributed by atoms with Gasteiger partial charge >= 0.3 is 6.18 Å². The quantitative estimate of drug-likeness (QED) is 0.698. The Morgan fingerprint density at radius 3 is 2.63 bits per heavy atom. The number of fused-ring (bicyclic) bond motifs is 1. The molecular weight excluding hydrogens is 417 g/mol. The Bertz CT molecular complexity index is 927. The van der Waals surface area contributed by atoms with Crippen molar-refractivity contribution in [2.75, 3.05) is 26.3 Å². The first kappa shape index (κ1) is 21.1. The number of rotatable bonds is 4. The van der Waals surface area contributed by atoms with Crippen molar-refractivity contribution >= 4 is 22.6 Å². The van der Waals surface area contributed by atoms with E-state index >= 15 is 0 Å². The molecule has 0 spiro atoms. The van der Waals surface area contributed by atoms with Crippen LogP contribution in [0.5, 0.6) is 5.75 Å². The third-order valence-electron chi connectivity index (χ3n) is 5.75. The summed E-state index contributed by atoms with van der Waals surface area (Å²) in [6.07, 6.45) is 0.667. The van der Waals surface area contributed by atoms with Gasteiger partial charge in [0.25, 0.3) is 0 Å². The maximum absolute atomic E-state index is 13.4. The highest BCUT2D eigenvalue weighted by Crippen LogP contribution is 2.45. The molecule has 0 saturated heterocycles. The number of carbonyl (C=O) groups is 1. The molecule has 1 aromatic rings. The van der Waals surface area contributed by atoms with E-state index in [9.17, 15) is 18.0 Å². The highest BCUT2D eigenvalue weighted by atomic mass is 32.2. The van der Waals surface area contributed by atoms with Gasteiger partial charge < -0.3 is 14.5 Å². The van der Waals surface area contributed by atoms with Crippen molar-refractivity contribution < 1.29 is 27.5 Å². The van der Waals surface area contributed by atoms with E-state index in [2.05, 4.69) is 4.90 Å². The predicted molar refractivity (Wildman–Crippen MR) is 109 cm³/mol. The summed E-state index contributed by atoms with van der Waals surface area (Å²) in [4.78, 5) is 19.8. The van der Waals surface area contributed by atoms with Crippen molar-refractivity contribution in [2.24, 2.45) is 0 Å². The second-order valence-corrected chi connectivity index (χ2v) is 8.91. The maximum atomic E-state index is 13.4. The molecule has 0 radical (unpaired) electrons. The molecule has 0 saturated carbocycles. The predicted octanol–water partition coefficient (Wildman–Crippen LogP) is 4.23. The highest BCUT2D eigenvalue weighted by Gasteiger charge is 2.46. The first-order valence-electron chi connectivity index (χ1n) is 9.71. The van der Waals surface area contributed by atoms with E-state index in [0.717, 1.165) is 47.6 Å². The van der Waals surface area contributed by atoms with Gasteiger partial charge in [-0.25, -0.2) is 0 Å². The fourth-order valence-corrected chi connectivity index (χ4v) is 5.06. The molecule has 4 rings (SSSR count). The van der Waals surface area contributed by atoms with Gasteiger partial charge in [0.1, 0.15) is 11.8 Å². The molecule has 0 amide bonds. The number of alkyl halides is 3. The second kappa shape index (κ2) is 7.85. The van der Waals surface area contributed by atoms with Gasteiger partial charge in [0.2, 0.25) is 5.76 Å². The monoisotopic (exact) mass is 440 g/mol. The van der Waals surface area contributed by atoms with Gasteiger partial charge in [-0.2, -0.15) is 18.2 Å². The zero-order valence-electron chi connectivity index (χ0n) is 17.0. The lowest BCUT2D eigenvalue weighted by Gasteiger charge is -2.34. The number of ether oxygens (including phenoxy) is 1. The lowest BCUT2D eigenvalue weighted by atomic mass is 9.85. The number of thioether (sulfide) groups is 1. The number of hydrogen-bond acceptors (Lipinski definition) is 6. The van der Waals surface area contributed by atoms with Gasteiger partial charge in [0.15, 0.2) is 5.12 Å². The van der Waals surface area contributed by atoms with E-state index in [0.29, 0.717) is 23.1 Å². The van der Waals surface area contributed by atoms with Gasteiger partial charge in [-0.3, -0.25) is 4.79 Å². The molecular formula is C21H23F3N2O3S. The van der Waals surface area contributed by atoms with E-state index in [1.54, 1.807) is 25.3 Å². The van der Waals surface area contributed by atoms with E-state index in [1.807, 2.05) is 14.1 Å². The summed E-state index contributed by atoms with van der Waals surface area (Å²) in [5.41, 5.74) is 2.51. The normalized spacial score (nSPS) is 24.0. The lowest BCUT2D eigenvalue weighted by Crippen LogP contribution is -2.36. The first-order chi connectivity index (χ1) is 14.2. The minimum Gasteiger partial charge on any atom is -0.496 e. The van der Waals surface area contributed by atoms with Crippen LogP contribution in [0.1, 0.15) is 24.0 Å². The molecule has 0 bridgehead atoms. The van der Waals surface area contributed by atoms with Gasteiger partial charge in [0.05, 0.1) is 12.8 Å². The summed E-state index contributed by atoms with van der Waals surface area (Å²) < 4.78 is 45.9. The Labute approximate surface area is 177 Å². The van der Waals surface area contributed by atoms with Gasteiger partial charge in [-0.15, -0.1) is 0 Å². The van der Waals surface area contributed by atoms with Crippen LogP contribution in [-0.2, 0) is 22.5 Å². The number of likely N-dealkylation sites (N-methyl/N-ethyl adjacent to an activating group) is 1. The molecule has 2 atom stereocenters. The summed E-state index contributed by atoms with van der Waals surface area (Å²) in [5.74, 6) is -0.329. The molecule has 2 heterocycles. The smallest absolute Gasteiger partial charge is 0.451 e. The Morgan fingerprint density at radius 1 is 1.27 bits per heavy atom. The fourth-order valence-electron chi connectivity index (χ4n) is 4.18. The summed E-state index contributed by atoms with van der Waals surface area (Å²) in [6.45, 7) is 0. The summed E-state index contributed by atoms with van der Waals surface area (Å²) in [6, 6.07) is 3.06. The average molecular weight is 440 g/mol. The molecule has 30 heavy (non-hydrogen) atoms. The zero-order valence-corrected chi connectivity index (χ0v) is 17.8. The third kappa shape index (κ3) is 3.80. The van der Waals surface area contributed by atoms with Crippen LogP contribution >= 0.6 is 11.8 Å². The Hall–Kier alpha value is -2.13. The molecule has 162 valence electrons. The van der Waals surface area contributed by atoms with Crippen LogP contribution in [0.2, 0.25) is 0 Å². The van der Waals surface area contributed by atoms with Crippen LogP contribution in [0.4, 0.5) is 18.9 Å². The van der Waals surface area contributed by atoms with Crippen molar-refractivity contribution in [1.82, 2.24) is 4.90 Å². The fraction of sp³-hybridized carbons (Fsp3) is 0.476. The number of halogens is 3. The molecule has 5 nitrogen and oxygen atoms in total. The number of anilines is 1. The zero-order chi connectivity index (χ0) is 21.6. The molecule has 3 aliphatic rings. The summed E-state index contributed by atoms with van der Waals surface area (Å²) >= 11 is 0.980. The van der Waals surface area contributed by atoms with E-state index in [1.165, 1.54) is 5.06 Å². The van der Waals surface area contributed by atoms with Crippen molar-refractivity contribution in [3.8, 4) is 5.75 Å². The summed E-state index contributed by atoms with van der Waals surface area (Å²) in [5, 5.41) is 1.22. The minimum atomic E-state index is -4.61. The van der Waals surface area contributed by atoms with Crippen LogP contribution in [0.15, 0.2) is 34.9 Å². The van der Waals surface area contributed by atoms with Gasteiger partial charge in [0, 0.05) is 22.9 Å². The van der Waals surface area contributed by atoms with Gasteiger partial charge in [-0.1, -0.05) is 17.8 Å². The van der Waals surface area contributed by atoms with Crippen LogP contribution in [0, 0.1) is 0 Å². The van der Waals surface area contributed by atoms with E-state index in [4.69, 9.17) is 9.57 Å². The Morgan fingerprint density at radius 2 is 2.03 bits per heavy atom. The largest absolute Gasteiger partial charge is 0.496 e. The number of benzene rings is 1. The second-order valence-electron chi connectivity index (χ2n) is 7.78. The van der Waals surface area contributed by atoms with Crippen molar-refractivity contribution in [1.29, 1.82) is 0 Å². The average Bonchev–Trinajstić information content (AvgIpc) is 3.32. The lowest BCUT2D eigenvalue weighted by molar-refractivity contribution is -0.129. The number of allylic oxidation sites excluding steroid dienone is 2. The van der Waals surface area contributed by atoms with Crippen LogP contribution in [-0.4, -0.2) is 49.5 Å². The van der Waals surface area contributed by atoms with Crippen molar-refractivity contribution in [3.05, 3.63) is 46.1 Å². The number of hydrogen-bond donors (Lipinski definition) is 0. The molecule has 2 aliphatic heterocycles. The van der Waals surface area contributed by atoms with E-state index < -0.39 is 18.0 Å². The molecule has 9 heteroatoms. The number of nitrogens with zero attached hydrogens (tertiary/aromatic N) is 2. The van der Waals surface area contributed by atoms with E-state index in [-0.39, 0.29) is 11.5 Å². The molecule has 0 aromatic heterocycles. The molecule has 1 unspecified atom stereocenters. The topological polar surface area (TPSA) is 42.0 Å². The maximum Gasteiger partial charge on any atom is 0.451 e. The highest BCUT2D eigenvalue weighted by molar-refractivity contribution is 8.17. The number of hydroxylamine groups is 1. The Kier molecular flexibility index (Phi) is 5.52. The first-order valence-corrected chi connectivity index (χ1v) is 10.5. The number of methoxy groups -OCH3 is 1. The molecule has 1 aromatic carbocycles. The minimum absolute atomic E-state index is 0.0793. The van der Waals surface area contributed by atoms with Crippen LogP contribution < -0.4 is 9.80 Å². The Balaban J connectivity index is 1.75. The third-order valence-corrected chi connectivity index (χ3v) is 6.79. The molecule has 1 aliphatic carbocycles. The van der Waals surface area contributed by atoms with Crippen LogP contribution in [0.25, 0.3) is 0 Å². The van der Waals surface area contributed by atoms with Crippen molar-refractivity contribution in [3.63, 3.8) is 0 Å².